The predicted octanol–water partition coefficient (Wildman–Crippen LogP) is 3.69. The second kappa shape index (κ2) is 7.85. The van der Waals surface area contributed by atoms with Crippen LogP contribution in [0.4, 0.5) is 0 Å². The van der Waals surface area contributed by atoms with Gasteiger partial charge in [0.2, 0.25) is 5.91 Å². The maximum atomic E-state index is 12.3. The molecular formula is C18H17ClN4OS. The van der Waals surface area contributed by atoms with Crippen LogP contribution in [0, 0.1) is 18.3 Å². The standard InChI is InChI=1S/C18H17ClN4OS/c1-12-14(10-20)18(25-11-16(24)23-8-4-5-9-23)22-17(21-12)13-6-2-3-7-15(13)19/h2-3,6-7H,4-5,8-9,11H2,1H3. The molecule has 1 aromatic carbocycles. The van der Waals surface area contributed by atoms with E-state index in [4.69, 9.17) is 11.6 Å². The quantitative estimate of drug-likeness (QED) is 0.604. The van der Waals surface area contributed by atoms with Crippen molar-refractivity contribution in [3.63, 3.8) is 0 Å². The SMILES string of the molecule is Cc1nc(-c2ccccc2Cl)nc(SCC(=O)N2CCCC2)c1C#N. The van der Waals surface area contributed by atoms with Crippen LogP contribution in [0.15, 0.2) is 29.3 Å². The van der Waals surface area contributed by atoms with Crippen molar-refractivity contribution < 1.29 is 4.79 Å². The molecule has 1 aromatic heterocycles. The van der Waals surface area contributed by atoms with E-state index in [0.717, 1.165) is 25.9 Å². The highest BCUT2D eigenvalue weighted by Crippen LogP contribution is 2.29. The van der Waals surface area contributed by atoms with Crippen molar-refractivity contribution in [3.8, 4) is 17.5 Å². The summed E-state index contributed by atoms with van der Waals surface area (Å²) in [5.74, 6) is 0.827. The number of rotatable bonds is 4. The van der Waals surface area contributed by atoms with Crippen LogP contribution >= 0.6 is 23.4 Å². The number of nitriles is 1. The van der Waals surface area contributed by atoms with Gasteiger partial charge in [0.1, 0.15) is 16.7 Å². The fourth-order valence-corrected chi connectivity index (χ4v) is 3.88. The van der Waals surface area contributed by atoms with E-state index in [9.17, 15) is 10.1 Å². The van der Waals surface area contributed by atoms with Crippen molar-refractivity contribution in [2.24, 2.45) is 0 Å². The molecule has 1 aliphatic heterocycles. The third-order valence-electron chi connectivity index (χ3n) is 4.07. The van der Waals surface area contributed by atoms with Crippen molar-refractivity contribution in [2.45, 2.75) is 24.8 Å². The highest BCUT2D eigenvalue weighted by atomic mass is 35.5. The van der Waals surface area contributed by atoms with E-state index >= 15 is 0 Å². The molecule has 2 aromatic rings. The number of hydrogen-bond acceptors (Lipinski definition) is 5. The van der Waals surface area contributed by atoms with E-state index in [0.29, 0.717) is 32.7 Å². The zero-order valence-electron chi connectivity index (χ0n) is 13.8. The summed E-state index contributed by atoms with van der Waals surface area (Å²) in [7, 11) is 0. The average molecular weight is 373 g/mol. The minimum atomic E-state index is 0.0851. The first-order valence-electron chi connectivity index (χ1n) is 8.04. The molecule has 0 radical (unpaired) electrons. The number of nitrogens with zero attached hydrogens (tertiary/aromatic N) is 4. The number of hydrogen-bond donors (Lipinski definition) is 0. The van der Waals surface area contributed by atoms with E-state index in [-0.39, 0.29) is 11.7 Å². The smallest absolute Gasteiger partial charge is 0.232 e. The van der Waals surface area contributed by atoms with Gasteiger partial charge in [0, 0.05) is 18.7 Å². The Labute approximate surface area is 156 Å². The average Bonchev–Trinajstić information content (AvgIpc) is 3.14. The molecule has 0 unspecified atom stereocenters. The molecule has 0 aliphatic carbocycles. The number of carbonyl (C=O) groups is 1. The number of benzene rings is 1. The van der Waals surface area contributed by atoms with Gasteiger partial charge in [0.05, 0.1) is 16.5 Å². The first-order valence-corrected chi connectivity index (χ1v) is 9.40. The van der Waals surface area contributed by atoms with E-state index in [1.165, 1.54) is 11.8 Å². The Hall–Kier alpha value is -2.10. The molecule has 3 rings (SSSR count). The van der Waals surface area contributed by atoms with Crippen molar-refractivity contribution in [3.05, 3.63) is 40.5 Å². The van der Waals surface area contributed by atoms with Gasteiger partial charge in [-0.2, -0.15) is 5.26 Å². The molecule has 1 amide bonds. The Morgan fingerprint density at radius 2 is 2.04 bits per heavy atom. The van der Waals surface area contributed by atoms with Gasteiger partial charge in [-0.25, -0.2) is 9.97 Å². The summed E-state index contributed by atoms with van der Waals surface area (Å²) in [4.78, 5) is 23.1. The zero-order chi connectivity index (χ0) is 17.8. The molecule has 1 aliphatic rings. The molecule has 1 saturated heterocycles. The molecule has 2 heterocycles. The Bertz CT molecular complexity index is 843. The first-order chi connectivity index (χ1) is 12.1. The molecule has 1 fully saturated rings. The zero-order valence-corrected chi connectivity index (χ0v) is 15.4. The molecule has 0 saturated carbocycles. The molecule has 5 nitrogen and oxygen atoms in total. The van der Waals surface area contributed by atoms with Gasteiger partial charge in [-0.1, -0.05) is 35.5 Å². The lowest BCUT2D eigenvalue weighted by Gasteiger charge is -2.15. The summed E-state index contributed by atoms with van der Waals surface area (Å²) in [5, 5.41) is 10.5. The maximum absolute atomic E-state index is 12.3. The number of halogens is 1. The van der Waals surface area contributed by atoms with Gasteiger partial charge in [-0.3, -0.25) is 4.79 Å². The van der Waals surface area contributed by atoms with Crippen molar-refractivity contribution in [1.29, 1.82) is 5.26 Å². The monoisotopic (exact) mass is 372 g/mol. The van der Waals surface area contributed by atoms with Gasteiger partial charge in [0.15, 0.2) is 5.82 Å². The molecule has 7 heteroatoms. The third kappa shape index (κ3) is 3.94. The van der Waals surface area contributed by atoms with Crippen LogP contribution < -0.4 is 0 Å². The Balaban J connectivity index is 1.88. The number of amides is 1. The fraction of sp³-hybridized carbons (Fsp3) is 0.333. The number of aromatic nitrogens is 2. The maximum Gasteiger partial charge on any atom is 0.232 e. The second-order valence-electron chi connectivity index (χ2n) is 5.78. The largest absolute Gasteiger partial charge is 0.342 e. The molecule has 25 heavy (non-hydrogen) atoms. The molecule has 0 atom stereocenters. The van der Waals surface area contributed by atoms with Crippen LogP contribution in [-0.2, 0) is 4.79 Å². The summed E-state index contributed by atoms with van der Waals surface area (Å²) in [6.45, 7) is 3.41. The second-order valence-corrected chi connectivity index (χ2v) is 7.15. The van der Waals surface area contributed by atoms with Gasteiger partial charge in [-0.15, -0.1) is 0 Å². The van der Waals surface area contributed by atoms with Gasteiger partial charge in [0.25, 0.3) is 0 Å². The summed E-state index contributed by atoms with van der Waals surface area (Å²) >= 11 is 7.53. The number of carbonyl (C=O) groups excluding carboxylic acids is 1. The number of thioether (sulfide) groups is 1. The predicted molar refractivity (Wildman–Crippen MR) is 98.5 cm³/mol. The van der Waals surface area contributed by atoms with Crippen LogP contribution in [0.5, 0.6) is 0 Å². The summed E-state index contributed by atoms with van der Waals surface area (Å²) in [6, 6.07) is 9.47. The van der Waals surface area contributed by atoms with Gasteiger partial charge in [-0.05, 0) is 31.9 Å². The highest BCUT2D eigenvalue weighted by molar-refractivity contribution is 8.00. The van der Waals surface area contributed by atoms with Crippen LogP contribution in [0.1, 0.15) is 24.1 Å². The topological polar surface area (TPSA) is 69.9 Å². The van der Waals surface area contributed by atoms with Crippen LogP contribution in [0.25, 0.3) is 11.4 Å². The lowest BCUT2D eigenvalue weighted by molar-refractivity contribution is -0.127. The number of aryl methyl sites for hydroxylation is 1. The molecule has 128 valence electrons. The fourth-order valence-electron chi connectivity index (χ4n) is 2.73. The van der Waals surface area contributed by atoms with Crippen molar-refractivity contribution in [1.82, 2.24) is 14.9 Å². The normalized spacial score (nSPS) is 13.7. The third-order valence-corrected chi connectivity index (χ3v) is 5.36. The van der Waals surface area contributed by atoms with Crippen molar-refractivity contribution in [2.75, 3.05) is 18.8 Å². The Morgan fingerprint density at radius 3 is 2.72 bits per heavy atom. The molecule has 0 N–H and O–H groups in total. The first kappa shape index (κ1) is 17.7. The van der Waals surface area contributed by atoms with E-state index in [1.807, 2.05) is 23.1 Å². The van der Waals surface area contributed by atoms with Crippen LogP contribution in [0.3, 0.4) is 0 Å². The van der Waals surface area contributed by atoms with E-state index in [2.05, 4.69) is 16.0 Å². The molecule has 0 spiro atoms. The molecule has 0 bridgehead atoms. The minimum Gasteiger partial charge on any atom is -0.342 e. The summed E-state index contributed by atoms with van der Waals surface area (Å²) in [6.07, 6.45) is 2.12. The lowest BCUT2D eigenvalue weighted by Crippen LogP contribution is -2.29. The Morgan fingerprint density at radius 1 is 1.32 bits per heavy atom. The molecular weight excluding hydrogens is 356 g/mol. The number of likely N-dealkylation sites (tertiary alicyclic amines) is 1. The lowest BCUT2D eigenvalue weighted by atomic mass is 10.2. The van der Waals surface area contributed by atoms with E-state index in [1.54, 1.807) is 13.0 Å². The van der Waals surface area contributed by atoms with Gasteiger partial charge < -0.3 is 4.90 Å². The Kier molecular flexibility index (Phi) is 5.57. The van der Waals surface area contributed by atoms with Crippen LogP contribution in [0.2, 0.25) is 5.02 Å². The van der Waals surface area contributed by atoms with Crippen LogP contribution in [-0.4, -0.2) is 39.6 Å². The van der Waals surface area contributed by atoms with Crippen molar-refractivity contribution >= 4 is 29.3 Å². The minimum absolute atomic E-state index is 0.0851. The highest BCUT2D eigenvalue weighted by Gasteiger charge is 2.20. The van der Waals surface area contributed by atoms with Gasteiger partial charge >= 0.3 is 0 Å². The summed E-state index contributed by atoms with van der Waals surface area (Å²) in [5.41, 5.74) is 1.71. The summed E-state index contributed by atoms with van der Waals surface area (Å²) < 4.78 is 0. The van der Waals surface area contributed by atoms with E-state index < -0.39 is 0 Å².